The van der Waals surface area contributed by atoms with Gasteiger partial charge in [-0.1, -0.05) is 6.07 Å². The maximum Gasteiger partial charge on any atom is 0.416 e. The molecule has 1 amide bonds. The van der Waals surface area contributed by atoms with E-state index in [0.717, 1.165) is 12.1 Å². The van der Waals surface area contributed by atoms with Crippen molar-refractivity contribution in [2.24, 2.45) is 0 Å². The van der Waals surface area contributed by atoms with Crippen LogP contribution in [0.1, 0.15) is 5.56 Å². The fraction of sp³-hybridized carbons (Fsp3) is 0.462. The molecule has 0 atom stereocenters. The summed E-state index contributed by atoms with van der Waals surface area (Å²) in [5.41, 5.74) is -0.787. The van der Waals surface area contributed by atoms with Crippen LogP contribution in [0.3, 0.4) is 0 Å². The number of morpholine rings is 1. The molecule has 1 aromatic carbocycles. The van der Waals surface area contributed by atoms with Crippen LogP contribution in [0.25, 0.3) is 0 Å². The van der Waals surface area contributed by atoms with Gasteiger partial charge in [0.2, 0.25) is 0 Å². The number of carbonyl (C=O) groups excluding carboxylic acids is 1. The first-order valence-electron chi connectivity index (χ1n) is 6.36. The number of rotatable bonds is 3. The highest BCUT2D eigenvalue weighted by Crippen LogP contribution is 2.30. The van der Waals surface area contributed by atoms with E-state index in [1.54, 1.807) is 0 Å². The topological polar surface area (TPSA) is 50.8 Å². The molecule has 1 aliphatic heterocycles. The number of nitrogens with zero attached hydrogens (tertiary/aromatic N) is 1. The average Bonchev–Trinajstić information content (AvgIpc) is 2.46. The third kappa shape index (κ3) is 4.91. The number of nitrogens with one attached hydrogen (secondary N) is 1. The van der Waals surface area contributed by atoms with Crippen LogP contribution in [-0.4, -0.2) is 44.0 Å². The Labute approximate surface area is 119 Å². The standard InChI is InChI=1S/C13H15F3N2O3/c14-13(15,16)10-2-1-3-11(8-10)17-12(19)21-9-18-4-6-20-7-5-18/h1-3,8H,4-7,9H2,(H,17,19). The van der Waals surface area contributed by atoms with Crippen molar-refractivity contribution < 1.29 is 27.4 Å². The van der Waals surface area contributed by atoms with Gasteiger partial charge in [0.05, 0.1) is 18.8 Å². The number of anilines is 1. The zero-order valence-electron chi connectivity index (χ0n) is 11.2. The Morgan fingerprint density at radius 1 is 1.33 bits per heavy atom. The molecule has 0 aromatic heterocycles. The van der Waals surface area contributed by atoms with E-state index in [-0.39, 0.29) is 12.4 Å². The quantitative estimate of drug-likeness (QED) is 0.932. The van der Waals surface area contributed by atoms with Crippen LogP contribution < -0.4 is 5.32 Å². The minimum Gasteiger partial charge on any atom is -0.433 e. The van der Waals surface area contributed by atoms with E-state index in [0.29, 0.717) is 26.3 Å². The third-order valence-electron chi connectivity index (χ3n) is 2.92. The smallest absolute Gasteiger partial charge is 0.416 e. The van der Waals surface area contributed by atoms with Gasteiger partial charge in [-0.25, -0.2) is 4.79 Å². The molecule has 0 unspecified atom stereocenters. The molecule has 1 aliphatic rings. The van der Waals surface area contributed by atoms with E-state index in [1.165, 1.54) is 12.1 Å². The van der Waals surface area contributed by atoms with Crippen LogP contribution in [0.5, 0.6) is 0 Å². The molecule has 1 N–H and O–H groups in total. The summed E-state index contributed by atoms with van der Waals surface area (Å²) in [6.45, 7) is 2.51. The number of alkyl halides is 3. The summed E-state index contributed by atoms with van der Waals surface area (Å²) < 4.78 is 47.7. The Kier molecular flexibility index (Phi) is 5.03. The first-order valence-corrected chi connectivity index (χ1v) is 6.36. The van der Waals surface area contributed by atoms with E-state index in [9.17, 15) is 18.0 Å². The molecule has 0 saturated carbocycles. The number of hydrogen-bond donors (Lipinski definition) is 1. The van der Waals surface area contributed by atoms with Crippen LogP contribution in [0.4, 0.5) is 23.7 Å². The van der Waals surface area contributed by atoms with E-state index in [1.807, 2.05) is 4.90 Å². The fourth-order valence-corrected chi connectivity index (χ4v) is 1.81. The predicted octanol–water partition coefficient (Wildman–Crippen LogP) is 2.54. The molecular weight excluding hydrogens is 289 g/mol. The summed E-state index contributed by atoms with van der Waals surface area (Å²) in [5.74, 6) is 0. The highest BCUT2D eigenvalue weighted by atomic mass is 19.4. The zero-order valence-corrected chi connectivity index (χ0v) is 11.2. The Morgan fingerprint density at radius 3 is 2.71 bits per heavy atom. The van der Waals surface area contributed by atoms with Crippen molar-refractivity contribution in [2.45, 2.75) is 6.18 Å². The van der Waals surface area contributed by atoms with Gasteiger partial charge in [0.25, 0.3) is 0 Å². The number of benzene rings is 1. The molecule has 8 heteroatoms. The minimum atomic E-state index is -4.45. The van der Waals surface area contributed by atoms with Crippen LogP contribution >= 0.6 is 0 Å². The molecule has 1 saturated heterocycles. The molecule has 0 aliphatic carbocycles. The van der Waals surface area contributed by atoms with Gasteiger partial charge in [0.15, 0.2) is 0 Å². The Morgan fingerprint density at radius 2 is 2.05 bits per heavy atom. The Balaban J connectivity index is 1.84. The summed E-state index contributed by atoms with van der Waals surface area (Å²) in [7, 11) is 0. The molecular formula is C13H15F3N2O3. The van der Waals surface area contributed by atoms with Crippen molar-refractivity contribution in [1.29, 1.82) is 0 Å². The highest BCUT2D eigenvalue weighted by molar-refractivity contribution is 5.84. The van der Waals surface area contributed by atoms with Gasteiger partial charge in [-0.3, -0.25) is 10.2 Å². The number of ether oxygens (including phenoxy) is 2. The molecule has 116 valence electrons. The van der Waals surface area contributed by atoms with Gasteiger partial charge in [-0.2, -0.15) is 13.2 Å². The van der Waals surface area contributed by atoms with Crippen molar-refractivity contribution in [3.63, 3.8) is 0 Å². The maximum atomic E-state index is 12.5. The van der Waals surface area contributed by atoms with Gasteiger partial charge in [-0.15, -0.1) is 0 Å². The number of hydrogen-bond acceptors (Lipinski definition) is 4. The minimum absolute atomic E-state index is 0.0387. The molecule has 21 heavy (non-hydrogen) atoms. The van der Waals surface area contributed by atoms with E-state index in [4.69, 9.17) is 9.47 Å². The van der Waals surface area contributed by atoms with E-state index >= 15 is 0 Å². The molecule has 0 bridgehead atoms. The molecule has 1 fully saturated rings. The van der Waals surface area contributed by atoms with Crippen molar-refractivity contribution >= 4 is 11.8 Å². The molecule has 0 spiro atoms. The lowest BCUT2D eigenvalue weighted by molar-refractivity contribution is -0.137. The highest BCUT2D eigenvalue weighted by Gasteiger charge is 2.30. The van der Waals surface area contributed by atoms with Crippen LogP contribution in [0.15, 0.2) is 24.3 Å². The van der Waals surface area contributed by atoms with Crippen molar-refractivity contribution in [3.05, 3.63) is 29.8 Å². The van der Waals surface area contributed by atoms with Crippen molar-refractivity contribution in [3.8, 4) is 0 Å². The van der Waals surface area contributed by atoms with E-state index < -0.39 is 17.8 Å². The van der Waals surface area contributed by atoms with Gasteiger partial charge < -0.3 is 9.47 Å². The van der Waals surface area contributed by atoms with Crippen molar-refractivity contribution in [1.82, 2.24) is 4.90 Å². The molecule has 1 aromatic rings. The Hall–Kier alpha value is -1.80. The third-order valence-corrected chi connectivity index (χ3v) is 2.92. The largest absolute Gasteiger partial charge is 0.433 e. The van der Waals surface area contributed by atoms with Crippen LogP contribution in [-0.2, 0) is 15.7 Å². The lowest BCUT2D eigenvalue weighted by atomic mass is 10.2. The van der Waals surface area contributed by atoms with Crippen LogP contribution in [0, 0.1) is 0 Å². The molecule has 5 nitrogen and oxygen atoms in total. The van der Waals surface area contributed by atoms with Crippen LogP contribution in [0.2, 0.25) is 0 Å². The van der Waals surface area contributed by atoms with Gasteiger partial charge in [0.1, 0.15) is 6.73 Å². The average molecular weight is 304 g/mol. The summed E-state index contributed by atoms with van der Waals surface area (Å²) in [5, 5.41) is 2.27. The maximum absolute atomic E-state index is 12.5. The summed E-state index contributed by atoms with van der Waals surface area (Å²) >= 11 is 0. The summed E-state index contributed by atoms with van der Waals surface area (Å²) in [4.78, 5) is 13.4. The second-order valence-electron chi connectivity index (χ2n) is 4.49. The molecule has 1 heterocycles. The number of carbonyl (C=O) groups is 1. The SMILES string of the molecule is O=C(Nc1cccc(C(F)(F)F)c1)OCN1CCOCC1. The Bertz CT molecular complexity index is 488. The predicted molar refractivity (Wildman–Crippen MR) is 68.8 cm³/mol. The summed E-state index contributed by atoms with van der Waals surface area (Å²) in [6, 6.07) is 4.38. The number of halogens is 3. The lowest BCUT2D eigenvalue weighted by Crippen LogP contribution is -2.38. The first kappa shape index (κ1) is 15.6. The second kappa shape index (κ2) is 6.77. The number of amides is 1. The second-order valence-corrected chi connectivity index (χ2v) is 4.49. The monoisotopic (exact) mass is 304 g/mol. The lowest BCUT2D eigenvalue weighted by Gasteiger charge is -2.25. The zero-order chi connectivity index (χ0) is 15.3. The first-order chi connectivity index (χ1) is 9.95. The normalized spacial score (nSPS) is 16.5. The summed E-state index contributed by atoms with van der Waals surface area (Å²) in [6.07, 6.45) is -5.24. The van der Waals surface area contributed by atoms with Gasteiger partial charge in [-0.05, 0) is 18.2 Å². The van der Waals surface area contributed by atoms with Gasteiger partial charge in [0, 0.05) is 18.8 Å². The van der Waals surface area contributed by atoms with E-state index in [2.05, 4.69) is 5.32 Å². The van der Waals surface area contributed by atoms with Gasteiger partial charge >= 0.3 is 12.3 Å². The van der Waals surface area contributed by atoms with Crippen molar-refractivity contribution in [2.75, 3.05) is 38.4 Å². The fourth-order valence-electron chi connectivity index (χ4n) is 1.81. The molecule has 0 radical (unpaired) electrons. The molecule has 2 rings (SSSR count).